The number of carbonyl (C=O) groups excluding carboxylic acids is 1. The normalized spacial score (nSPS) is 19.1. The van der Waals surface area contributed by atoms with E-state index in [4.69, 9.17) is 9.47 Å². The maximum Gasteiger partial charge on any atom is 0.328 e. The molecule has 100 valence electrons. The van der Waals surface area contributed by atoms with Gasteiger partial charge in [0.05, 0.1) is 13.2 Å². The van der Waals surface area contributed by atoms with Crippen molar-refractivity contribution in [3.63, 3.8) is 0 Å². The molecule has 0 saturated heterocycles. The number of hydrogen-bond acceptors (Lipinski definition) is 4. The Morgan fingerprint density at radius 3 is 2.65 bits per heavy atom. The third-order valence-corrected chi connectivity index (χ3v) is 2.46. The minimum Gasteiger partial charge on any atom is -0.465 e. The molecule has 1 unspecified atom stereocenters. The number of rotatable bonds is 8. The molecule has 6 heteroatoms. The van der Waals surface area contributed by atoms with Crippen molar-refractivity contribution in [1.29, 1.82) is 0 Å². The SMILES string of the molecule is CCOC(=O)C(C)(COCC(F)F)NC1CC1. The van der Waals surface area contributed by atoms with Gasteiger partial charge in [0.2, 0.25) is 0 Å². The fourth-order valence-electron chi connectivity index (χ4n) is 1.48. The molecule has 17 heavy (non-hydrogen) atoms. The van der Waals surface area contributed by atoms with Gasteiger partial charge < -0.3 is 9.47 Å². The number of nitrogens with one attached hydrogen (secondary N) is 1. The van der Waals surface area contributed by atoms with Gasteiger partial charge in [-0.15, -0.1) is 0 Å². The van der Waals surface area contributed by atoms with Crippen LogP contribution in [-0.2, 0) is 14.3 Å². The second-order valence-corrected chi connectivity index (χ2v) is 4.38. The number of esters is 1. The largest absolute Gasteiger partial charge is 0.465 e. The Morgan fingerprint density at radius 1 is 1.53 bits per heavy atom. The van der Waals surface area contributed by atoms with E-state index in [1.165, 1.54) is 0 Å². The zero-order valence-corrected chi connectivity index (χ0v) is 10.2. The Morgan fingerprint density at radius 2 is 2.18 bits per heavy atom. The summed E-state index contributed by atoms with van der Waals surface area (Å²) in [4.78, 5) is 11.8. The molecule has 0 aromatic heterocycles. The highest BCUT2D eigenvalue weighted by Crippen LogP contribution is 2.23. The van der Waals surface area contributed by atoms with Crippen molar-refractivity contribution in [3.8, 4) is 0 Å². The van der Waals surface area contributed by atoms with E-state index >= 15 is 0 Å². The molecular weight excluding hydrogens is 232 g/mol. The van der Waals surface area contributed by atoms with Crippen molar-refractivity contribution in [1.82, 2.24) is 5.32 Å². The number of carbonyl (C=O) groups is 1. The van der Waals surface area contributed by atoms with Crippen LogP contribution in [0, 0.1) is 0 Å². The predicted octanol–water partition coefficient (Wildman–Crippen LogP) is 1.34. The van der Waals surface area contributed by atoms with E-state index in [-0.39, 0.29) is 19.3 Å². The van der Waals surface area contributed by atoms with Gasteiger partial charge >= 0.3 is 5.97 Å². The molecule has 0 spiro atoms. The summed E-state index contributed by atoms with van der Waals surface area (Å²) in [5.41, 5.74) is -1.04. The van der Waals surface area contributed by atoms with Crippen LogP contribution in [0.3, 0.4) is 0 Å². The summed E-state index contributed by atoms with van der Waals surface area (Å²) >= 11 is 0. The van der Waals surface area contributed by atoms with Crippen LogP contribution < -0.4 is 5.32 Å². The summed E-state index contributed by atoms with van der Waals surface area (Å²) in [7, 11) is 0. The number of alkyl halides is 2. The molecule has 1 saturated carbocycles. The van der Waals surface area contributed by atoms with E-state index in [0.717, 1.165) is 12.8 Å². The Labute approximate surface area is 99.7 Å². The van der Waals surface area contributed by atoms with Gasteiger partial charge in [0.15, 0.2) is 0 Å². The molecule has 1 rings (SSSR count). The summed E-state index contributed by atoms with van der Waals surface area (Å²) in [6, 6.07) is 0.263. The van der Waals surface area contributed by atoms with Crippen LogP contribution in [0.1, 0.15) is 26.7 Å². The van der Waals surface area contributed by atoms with E-state index in [2.05, 4.69) is 5.32 Å². The maximum atomic E-state index is 12.0. The lowest BCUT2D eigenvalue weighted by atomic mass is 10.0. The summed E-state index contributed by atoms with van der Waals surface area (Å²) in [6.45, 7) is 2.81. The third-order valence-electron chi connectivity index (χ3n) is 2.46. The van der Waals surface area contributed by atoms with Crippen molar-refractivity contribution >= 4 is 5.97 Å². The van der Waals surface area contributed by atoms with Crippen molar-refractivity contribution in [2.45, 2.75) is 44.7 Å². The van der Waals surface area contributed by atoms with Crippen LogP contribution in [0.2, 0.25) is 0 Å². The number of hydrogen-bond donors (Lipinski definition) is 1. The molecule has 0 aliphatic heterocycles. The molecule has 1 fully saturated rings. The maximum absolute atomic E-state index is 12.0. The fraction of sp³-hybridized carbons (Fsp3) is 0.909. The summed E-state index contributed by atoms with van der Waals surface area (Å²) in [5, 5.41) is 3.08. The average molecular weight is 251 g/mol. The molecule has 1 N–H and O–H groups in total. The van der Waals surface area contributed by atoms with Crippen LogP contribution in [-0.4, -0.2) is 43.8 Å². The van der Waals surface area contributed by atoms with Crippen LogP contribution >= 0.6 is 0 Å². The lowest BCUT2D eigenvalue weighted by Crippen LogP contribution is -2.55. The van der Waals surface area contributed by atoms with Gasteiger partial charge in [-0.05, 0) is 26.7 Å². The van der Waals surface area contributed by atoms with Gasteiger partial charge in [0.1, 0.15) is 12.1 Å². The van der Waals surface area contributed by atoms with Gasteiger partial charge in [-0.2, -0.15) is 0 Å². The molecule has 0 amide bonds. The minimum absolute atomic E-state index is 0.104. The molecular formula is C11H19F2NO3. The molecule has 0 aromatic carbocycles. The summed E-state index contributed by atoms with van der Waals surface area (Å²) in [5.74, 6) is -0.457. The van der Waals surface area contributed by atoms with E-state index in [0.29, 0.717) is 0 Å². The first kappa shape index (κ1) is 14.3. The Bertz CT molecular complexity index is 259. The minimum atomic E-state index is -2.53. The van der Waals surface area contributed by atoms with Crippen molar-refractivity contribution in [3.05, 3.63) is 0 Å². The summed E-state index contributed by atoms with van der Waals surface area (Å²) < 4.78 is 33.7. The quantitative estimate of drug-likeness (QED) is 0.661. The average Bonchev–Trinajstić information content (AvgIpc) is 3.01. The van der Waals surface area contributed by atoms with Gasteiger partial charge in [-0.1, -0.05) is 0 Å². The number of halogens is 2. The highest BCUT2D eigenvalue weighted by Gasteiger charge is 2.40. The lowest BCUT2D eigenvalue weighted by molar-refractivity contribution is -0.154. The van der Waals surface area contributed by atoms with Gasteiger partial charge in [-0.25, -0.2) is 13.6 Å². The first-order valence-electron chi connectivity index (χ1n) is 5.78. The predicted molar refractivity (Wildman–Crippen MR) is 58.0 cm³/mol. The van der Waals surface area contributed by atoms with E-state index in [9.17, 15) is 13.6 Å². The van der Waals surface area contributed by atoms with E-state index in [1.807, 2.05) is 0 Å². The van der Waals surface area contributed by atoms with Crippen molar-refractivity contribution < 1.29 is 23.0 Å². The van der Waals surface area contributed by atoms with Gasteiger partial charge in [0.25, 0.3) is 6.43 Å². The highest BCUT2D eigenvalue weighted by molar-refractivity contribution is 5.80. The molecule has 1 aliphatic carbocycles. The molecule has 0 bridgehead atoms. The fourth-order valence-corrected chi connectivity index (χ4v) is 1.48. The van der Waals surface area contributed by atoms with Gasteiger partial charge in [0, 0.05) is 6.04 Å². The molecule has 1 aliphatic rings. The van der Waals surface area contributed by atoms with E-state index < -0.39 is 24.5 Å². The van der Waals surface area contributed by atoms with Crippen molar-refractivity contribution in [2.75, 3.05) is 19.8 Å². The van der Waals surface area contributed by atoms with E-state index in [1.54, 1.807) is 13.8 Å². The highest BCUT2D eigenvalue weighted by atomic mass is 19.3. The van der Waals surface area contributed by atoms with Crippen molar-refractivity contribution in [2.24, 2.45) is 0 Å². The first-order valence-corrected chi connectivity index (χ1v) is 5.78. The summed E-state index contributed by atoms with van der Waals surface area (Å²) in [6.07, 6.45) is -0.546. The Hall–Kier alpha value is -0.750. The molecule has 4 nitrogen and oxygen atoms in total. The molecule has 0 heterocycles. The zero-order valence-electron chi connectivity index (χ0n) is 10.2. The molecule has 0 radical (unpaired) electrons. The second kappa shape index (κ2) is 6.26. The zero-order chi connectivity index (χ0) is 12.9. The second-order valence-electron chi connectivity index (χ2n) is 4.38. The third kappa shape index (κ3) is 4.95. The van der Waals surface area contributed by atoms with Crippen LogP contribution in [0.5, 0.6) is 0 Å². The first-order chi connectivity index (χ1) is 7.98. The molecule has 0 aromatic rings. The monoisotopic (exact) mass is 251 g/mol. The van der Waals surface area contributed by atoms with Crippen LogP contribution in [0.15, 0.2) is 0 Å². The smallest absolute Gasteiger partial charge is 0.328 e. The van der Waals surface area contributed by atoms with Crippen LogP contribution in [0.25, 0.3) is 0 Å². The Kier molecular flexibility index (Phi) is 5.27. The Balaban J connectivity index is 2.47. The lowest BCUT2D eigenvalue weighted by Gasteiger charge is -2.28. The topological polar surface area (TPSA) is 47.6 Å². The van der Waals surface area contributed by atoms with Crippen LogP contribution in [0.4, 0.5) is 8.78 Å². The van der Waals surface area contributed by atoms with Gasteiger partial charge in [-0.3, -0.25) is 5.32 Å². The number of ether oxygens (including phenoxy) is 2. The standard InChI is InChI=1S/C11H19F2NO3/c1-3-17-10(15)11(2,14-8-4-5-8)7-16-6-9(12)13/h8-9,14H,3-7H2,1-2H3. The molecule has 1 atom stereocenters.